The maximum absolute atomic E-state index is 5.50. The van der Waals surface area contributed by atoms with Gasteiger partial charge in [-0.25, -0.2) is 0 Å². The minimum atomic E-state index is 0. The molecule has 0 aromatic rings. The fourth-order valence-corrected chi connectivity index (χ4v) is 7.09. The third-order valence-corrected chi connectivity index (χ3v) is 8.84. The Balaban J connectivity index is 0.00000196. The molecular formula is C23H40N2O. The molecule has 0 amide bonds. The minimum absolute atomic E-state index is 0. The van der Waals surface area contributed by atoms with Crippen molar-refractivity contribution >= 4 is 5.71 Å². The summed E-state index contributed by atoms with van der Waals surface area (Å²) in [7, 11) is 0. The Bertz CT molecular complexity index is 583. The van der Waals surface area contributed by atoms with Gasteiger partial charge in [0.25, 0.3) is 0 Å². The van der Waals surface area contributed by atoms with E-state index in [2.05, 4.69) is 32.0 Å². The van der Waals surface area contributed by atoms with Crippen molar-refractivity contribution in [3.8, 4) is 0 Å². The first-order chi connectivity index (χ1) is 12.0. The summed E-state index contributed by atoms with van der Waals surface area (Å²) in [5.74, 6) is 3.75. The van der Waals surface area contributed by atoms with Gasteiger partial charge in [0.2, 0.25) is 0 Å². The molecule has 3 unspecified atom stereocenters. The fraction of sp³-hybridized carbons (Fsp3) is 0.870. The lowest BCUT2D eigenvalue weighted by atomic mass is 9.47. The number of allylic oxidation sites excluding steroid dienone is 2. The molecule has 4 rings (SSSR count). The second kappa shape index (κ2) is 7.30. The Morgan fingerprint density at radius 1 is 1.12 bits per heavy atom. The largest absolute Gasteiger partial charge is 0.394 e. The minimum Gasteiger partial charge on any atom is -0.394 e. The lowest BCUT2D eigenvalue weighted by Crippen LogP contribution is -2.50. The van der Waals surface area contributed by atoms with Crippen molar-refractivity contribution in [2.45, 2.75) is 79.6 Å². The van der Waals surface area contributed by atoms with Crippen molar-refractivity contribution in [2.24, 2.45) is 45.4 Å². The zero-order valence-corrected chi connectivity index (χ0v) is 16.4. The standard InChI is InChI=1S/C22H36N2O.CH4/c1-15-4-7-19-18-6-5-16-14-17(24-25-13-12-23)8-10-22(16,3)20(18)9-11-21(15,19)2;/h14-15,18-20H,4-13,23H2,1-3H3;1H4/t15-,18?,19?,20?,21-,22+;/m1./s1. The van der Waals surface area contributed by atoms with Gasteiger partial charge in [0.05, 0.1) is 5.71 Å². The first-order valence-corrected chi connectivity index (χ1v) is 10.6. The van der Waals surface area contributed by atoms with Gasteiger partial charge in [-0.3, -0.25) is 0 Å². The molecule has 0 spiro atoms. The number of nitrogens with two attached hydrogens (primary N) is 1. The maximum atomic E-state index is 5.50. The van der Waals surface area contributed by atoms with E-state index in [-0.39, 0.29) is 7.43 Å². The molecule has 26 heavy (non-hydrogen) atoms. The average molecular weight is 361 g/mol. The molecular weight excluding hydrogens is 320 g/mol. The highest BCUT2D eigenvalue weighted by atomic mass is 16.6. The summed E-state index contributed by atoms with van der Waals surface area (Å²) >= 11 is 0. The number of nitrogens with zero attached hydrogens (tertiary/aromatic N) is 1. The van der Waals surface area contributed by atoms with Crippen molar-refractivity contribution in [3.05, 3.63) is 11.6 Å². The van der Waals surface area contributed by atoms with E-state index >= 15 is 0 Å². The van der Waals surface area contributed by atoms with Crippen molar-refractivity contribution in [2.75, 3.05) is 13.2 Å². The highest BCUT2D eigenvalue weighted by molar-refractivity contribution is 5.96. The van der Waals surface area contributed by atoms with E-state index in [4.69, 9.17) is 10.6 Å². The summed E-state index contributed by atoms with van der Waals surface area (Å²) < 4.78 is 0. The van der Waals surface area contributed by atoms with E-state index in [1.165, 1.54) is 44.9 Å². The van der Waals surface area contributed by atoms with Gasteiger partial charge in [0.1, 0.15) is 6.61 Å². The average Bonchev–Trinajstić information content (AvgIpc) is 2.90. The molecule has 6 atom stereocenters. The SMILES string of the molecule is C.C[C@@H]1CCC2C3CCC4=CC(=NOCCN)CC[C@]4(C)C3CC[C@@]21C. The van der Waals surface area contributed by atoms with Crippen LogP contribution in [0, 0.1) is 34.5 Å². The summed E-state index contributed by atoms with van der Waals surface area (Å²) in [6, 6.07) is 0. The number of rotatable bonds is 3. The van der Waals surface area contributed by atoms with Gasteiger partial charge in [-0.2, -0.15) is 0 Å². The topological polar surface area (TPSA) is 47.6 Å². The van der Waals surface area contributed by atoms with Gasteiger partial charge < -0.3 is 10.6 Å². The van der Waals surface area contributed by atoms with Crippen LogP contribution in [0.4, 0.5) is 0 Å². The fourth-order valence-electron chi connectivity index (χ4n) is 7.09. The first-order valence-electron chi connectivity index (χ1n) is 10.6. The second-order valence-electron chi connectivity index (χ2n) is 9.73. The maximum Gasteiger partial charge on any atom is 0.129 e. The Hall–Kier alpha value is -0.830. The summed E-state index contributed by atoms with van der Waals surface area (Å²) in [5, 5.41) is 4.33. The number of fused-ring (bicyclic) bond motifs is 5. The smallest absolute Gasteiger partial charge is 0.129 e. The number of oxime groups is 1. The van der Waals surface area contributed by atoms with E-state index in [1.54, 1.807) is 5.57 Å². The van der Waals surface area contributed by atoms with Crippen LogP contribution in [-0.2, 0) is 4.84 Å². The Labute approximate surface area is 160 Å². The summed E-state index contributed by atoms with van der Waals surface area (Å²) in [6.45, 7) is 8.75. The molecule has 3 nitrogen and oxygen atoms in total. The van der Waals surface area contributed by atoms with E-state index in [9.17, 15) is 0 Å². The molecule has 0 aromatic carbocycles. The van der Waals surface area contributed by atoms with Crippen LogP contribution in [0.2, 0.25) is 0 Å². The molecule has 4 aliphatic rings. The molecule has 3 saturated carbocycles. The second-order valence-corrected chi connectivity index (χ2v) is 9.73. The summed E-state index contributed by atoms with van der Waals surface area (Å²) in [4.78, 5) is 5.34. The molecule has 2 N–H and O–H groups in total. The van der Waals surface area contributed by atoms with Crippen LogP contribution in [0.1, 0.15) is 79.6 Å². The highest BCUT2D eigenvalue weighted by Gasteiger charge is 2.57. The zero-order valence-electron chi connectivity index (χ0n) is 16.4. The lowest BCUT2D eigenvalue weighted by Gasteiger charge is -2.58. The van der Waals surface area contributed by atoms with Gasteiger partial charge >= 0.3 is 0 Å². The number of hydrogen-bond donors (Lipinski definition) is 1. The molecule has 0 bridgehead atoms. The van der Waals surface area contributed by atoms with E-state index < -0.39 is 0 Å². The molecule has 148 valence electrons. The molecule has 3 heteroatoms. The van der Waals surface area contributed by atoms with Gasteiger partial charge in [0.15, 0.2) is 0 Å². The van der Waals surface area contributed by atoms with Crippen molar-refractivity contribution in [1.82, 2.24) is 0 Å². The Morgan fingerprint density at radius 2 is 1.92 bits per heavy atom. The predicted octanol–water partition coefficient (Wildman–Crippen LogP) is 5.55. The van der Waals surface area contributed by atoms with Crippen LogP contribution in [0.3, 0.4) is 0 Å². The van der Waals surface area contributed by atoms with Crippen LogP contribution in [-0.4, -0.2) is 18.9 Å². The van der Waals surface area contributed by atoms with Crippen molar-refractivity contribution in [1.29, 1.82) is 0 Å². The third kappa shape index (κ3) is 2.95. The molecule has 0 aromatic heterocycles. The predicted molar refractivity (Wildman–Crippen MR) is 110 cm³/mol. The lowest BCUT2D eigenvalue weighted by molar-refractivity contribution is -0.0465. The van der Waals surface area contributed by atoms with E-state index in [1.807, 2.05) is 0 Å². The van der Waals surface area contributed by atoms with E-state index in [0.717, 1.165) is 35.8 Å². The molecule has 4 aliphatic carbocycles. The van der Waals surface area contributed by atoms with Crippen LogP contribution < -0.4 is 5.73 Å². The Morgan fingerprint density at radius 3 is 2.69 bits per heavy atom. The molecule has 0 aliphatic heterocycles. The third-order valence-electron chi connectivity index (χ3n) is 8.84. The van der Waals surface area contributed by atoms with Crippen molar-refractivity contribution < 1.29 is 4.84 Å². The molecule has 3 fully saturated rings. The molecule has 0 heterocycles. The summed E-state index contributed by atoms with van der Waals surface area (Å²) in [6.07, 6.45) is 13.2. The van der Waals surface area contributed by atoms with Crippen LogP contribution in [0.15, 0.2) is 16.8 Å². The monoisotopic (exact) mass is 360 g/mol. The highest BCUT2D eigenvalue weighted by Crippen LogP contribution is 2.66. The van der Waals surface area contributed by atoms with Gasteiger partial charge in [-0.05, 0) is 91.9 Å². The van der Waals surface area contributed by atoms with Gasteiger partial charge in [-0.15, -0.1) is 0 Å². The number of hydrogen-bond acceptors (Lipinski definition) is 3. The first kappa shape index (κ1) is 19.9. The van der Waals surface area contributed by atoms with E-state index in [0.29, 0.717) is 24.0 Å². The van der Waals surface area contributed by atoms with Gasteiger partial charge in [0, 0.05) is 6.54 Å². The van der Waals surface area contributed by atoms with Crippen LogP contribution in [0.5, 0.6) is 0 Å². The van der Waals surface area contributed by atoms with Crippen LogP contribution >= 0.6 is 0 Å². The zero-order chi connectivity index (χ0) is 17.7. The Kier molecular flexibility index (Phi) is 5.59. The van der Waals surface area contributed by atoms with Crippen molar-refractivity contribution in [3.63, 3.8) is 0 Å². The quantitative estimate of drug-likeness (QED) is 0.529. The van der Waals surface area contributed by atoms with Gasteiger partial charge in [-0.1, -0.05) is 38.9 Å². The van der Waals surface area contributed by atoms with Crippen LogP contribution in [0.25, 0.3) is 0 Å². The molecule has 0 radical (unpaired) electrons. The summed E-state index contributed by atoms with van der Waals surface area (Å²) in [5.41, 5.74) is 9.32. The molecule has 0 saturated heterocycles. The normalized spacial score (nSPS) is 45.8.